The zero-order valence-corrected chi connectivity index (χ0v) is 20.5. The van der Waals surface area contributed by atoms with E-state index < -0.39 is 22.9 Å². The molecule has 2 aromatic carbocycles. The molecule has 3 aromatic rings. The van der Waals surface area contributed by atoms with E-state index in [2.05, 4.69) is 29.0 Å². The lowest BCUT2D eigenvalue weighted by Crippen LogP contribution is -2.37. The van der Waals surface area contributed by atoms with E-state index in [1.807, 2.05) is 4.90 Å². The fraction of sp³-hybridized carbons (Fsp3) is 0.269. The number of carbonyl (C=O) groups excluding carboxylic acids is 1. The number of likely N-dealkylation sites (tertiary alicyclic amines) is 1. The predicted octanol–water partition coefficient (Wildman–Crippen LogP) is 4.06. The highest BCUT2D eigenvalue weighted by Gasteiger charge is 2.18. The number of amides is 1. The number of aromatic amines is 1. The minimum absolute atomic E-state index is 0.0296. The number of nitrogens with zero attached hydrogens (tertiary/aromatic N) is 2. The number of hydrogen-bond donors (Lipinski definition) is 4. The van der Waals surface area contributed by atoms with Gasteiger partial charge in [-0.3, -0.25) is 9.59 Å². The number of carbonyl (C=O) groups is 1. The van der Waals surface area contributed by atoms with E-state index in [1.54, 1.807) is 12.1 Å². The predicted molar refractivity (Wildman–Crippen MR) is 138 cm³/mol. The van der Waals surface area contributed by atoms with Crippen molar-refractivity contribution in [3.05, 3.63) is 82.7 Å². The van der Waals surface area contributed by atoms with E-state index in [9.17, 15) is 18.4 Å². The normalized spacial score (nSPS) is 14.8. The van der Waals surface area contributed by atoms with Gasteiger partial charge in [-0.15, -0.1) is 0 Å². The van der Waals surface area contributed by atoms with Gasteiger partial charge in [0.1, 0.15) is 5.75 Å². The van der Waals surface area contributed by atoms with Crippen molar-refractivity contribution in [2.75, 3.05) is 24.1 Å². The van der Waals surface area contributed by atoms with Gasteiger partial charge in [0, 0.05) is 25.3 Å². The number of para-hydroxylation sites is 1. The van der Waals surface area contributed by atoms with Gasteiger partial charge in [0.05, 0.1) is 11.3 Å². The molecule has 1 aliphatic rings. The van der Waals surface area contributed by atoms with E-state index in [-0.39, 0.29) is 29.6 Å². The van der Waals surface area contributed by atoms with Crippen LogP contribution in [0.4, 0.5) is 26.0 Å². The number of halogens is 2. The van der Waals surface area contributed by atoms with Crippen molar-refractivity contribution in [1.29, 1.82) is 0 Å². The molecule has 1 atom stereocenters. The Kier molecular flexibility index (Phi) is 9.33. The molecule has 1 amide bonds. The first-order chi connectivity index (χ1) is 17.7. The molecule has 11 heteroatoms. The van der Waals surface area contributed by atoms with Gasteiger partial charge in [0.15, 0.2) is 23.2 Å². The molecule has 0 unspecified atom stereocenters. The van der Waals surface area contributed by atoms with Gasteiger partial charge in [-0.05, 0) is 61.2 Å². The lowest BCUT2D eigenvalue weighted by Gasteiger charge is -2.29. The number of hydrogen-bond acceptors (Lipinski definition) is 7. The van der Waals surface area contributed by atoms with Crippen LogP contribution < -0.4 is 27.1 Å². The molecule has 4 rings (SSSR count). The van der Waals surface area contributed by atoms with Crippen molar-refractivity contribution in [1.82, 2.24) is 15.1 Å². The third-order valence-corrected chi connectivity index (χ3v) is 5.72. The van der Waals surface area contributed by atoms with Crippen LogP contribution in [0.3, 0.4) is 0 Å². The summed E-state index contributed by atoms with van der Waals surface area (Å²) in [6.45, 7) is 7.44. The topological polar surface area (TPSA) is 139 Å². The second kappa shape index (κ2) is 12.6. The Balaban J connectivity index is 0.000000289. The fourth-order valence-corrected chi connectivity index (χ4v) is 3.80. The van der Waals surface area contributed by atoms with Crippen molar-refractivity contribution < 1.29 is 18.3 Å². The van der Waals surface area contributed by atoms with E-state index >= 15 is 0 Å². The maximum Gasteiger partial charge on any atom is 0.270 e. The minimum atomic E-state index is -0.804. The van der Waals surface area contributed by atoms with E-state index in [1.165, 1.54) is 30.7 Å². The molecule has 37 heavy (non-hydrogen) atoms. The number of nitrogen functional groups attached to an aromatic ring is 1. The van der Waals surface area contributed by atoms with Crippen molar-refractivity contribution in [3.63, 3.8) is 0 Å². The maximum atomic E-state index is 13.6. The van der Waals surface area contributed by atoms with Gasteiger partial charge in [-0.2, -0.15) is 5.10 Å². The first-order valence-electron chi connectivity index (χ1n) is 11.7. The average molecular weight is 513 g/mol. The Morgan fingerprint density at radius 3 is 2.54 bits per heavy atom. The first kappa shape index (κ1) is 27.3. The zero-order chi connectivity index (χ0) is 26.9. The van der Waals surface area contributed by atoms with Crippen molar-refractivity contribution >= 4 is 23.1 Å². The van der Waals surface area contributed by atoms with Crippen molar-refractivity contribution in [2.45, 2.75) is 26.3 Å². The molecule has 1 fully saturated rings. The maximum absolute atomic E-state index is 13.6. The summed E-state index contributed by atoms with van der Waals surface area (Å²) in [5.74, 6) is -1.04. The lowest BCUT2D eigenvalue weighted by molar-refractivity contribution is -0.127. The average Bonchev–Trinajstić information content (AvgIpc) is 2.89. The molecule has 0 spiro atoms. The number of rotatable bonds is 6. The Morgan fingerprint density at radius 1 is 1.27 bits per heavy atom. The Labute approximate surface area is 213 Å². The summed E-state index contributed by atoms with van der Waals surface area (Å²) in [4.78, 5) is 24.7. The zero-order valence-electron chi connectivity index (χ0n) is 20.5. The van der Waals surface area contributed by atoms with E-state index in [0.29, 0.717) is 17.3 Å². The molecule has 2 heterocycles. The molecule has 0 radical (unpaired) electrons. The van der Waals surface area contributed by atoms with Crippen molar-refractivity contribution in [3.8, 4) is 11.5 Å². The fourth-order valence-electron chi connectivity index (χ4n) is 3.80. The molecular formula is C26H30F2N6O3. The summed E-state index contributed by atoms with van der Waals surface area (Å²) in [7, 11) is 0. The molecule has 196 valence electrons. The highest BCUT2D eigenvalue weighted by atomic mass is 19.1. The summed E-state index contributed by atoms with van der Waals surface area (Å²) in [5.41, 5.74) is 12.0. The van der Waals surface area contributed by atoms with Crippen LogP contribution in [-0.2, 0) is 11.3 Å². The van der Waals surface area contributed by atoms with E-state index in [4.69, 9.17) is 16.2 Å². The molecule has 0 bridgehead atoms. The number of nitrogens with one attached hydrogen (secondary N) is 2. The van der Waals surface area contributed by atoms with Crippen LogP contribution in [0.5, 0.6) is 11.5 Å². The van der Waals surface area contributed by atoms with Crippen LogP contribution in [0.2, 0.25) is 0 Å². The summed E-state index contributed by atoms with van der Waals surface area (Å²) < 4.78 is 32.5. The summed E-state index contributed by atoms with van der Waals surface area (Å²) in [6, 6.07) is 9.65. The smallest absolute Gasteiger partial charge is 0.270 e. The molecular weight excluding hydrogens is 482 g/mol. The van der Waals surface area contributed by atoms with Gasteiger partial charge in [-0.1, -0.05) is 19.6 Å². The summed E-state index contributed by atoms with van der Waals surface area (Å²) in [5, 5.41) is 8.90. The highest BCUT2D eigenvalue weighted by Crippen LogP contribution is 2.29. The van der Waals surface area contributed by atoms with Crippen LogP contribution in [0.1, 0.15) is 25.3 Å². The molecule has 9 nitrogen and oxygen atoms in total. The standard InChI is InChI=1S/C17H15F2N5O2.C9H15NO/c18-12-2-1-3-13(19)15(12)26-10-6-4-9(5-7-10)22-14-11(8-20)17(25)24-23-16(14)21;1-3-9(11)10-6-4-5-8(2)7-10/h1-7H,8,20H2,(H2,21,23)(H2,22,24,25);3,8H,1,4-7H2,2H3/t;8-/m.0/s1. The van der Waals surface area contributed by atoms with Gasteiger partial charge in [-0.25, -0.2) is 13.9 Å². The van der Waals surface area contributed by atoms with Gasteiger partial charge >= 0.3 is 0 Å². The number of benzene rings is 2. The SMILES string of the molecule is C=CC(=O)N1CCC[C@H](C)C1.NCc1c(Nc2ccc(Oc3c(F)cccc3F)cc2)c(N)n[nH]c1=O. The lowest BCUT2D eigenvalue weighted by atomic mass is 10.0. The van der Waals surface area contributed by atoms with Crippen LogP contribution in [0.25, 0.3) is 0 Å². The third-order valence-electron chi connectivity index (χ3n) is 5.72. The van der Waals surface area contributed by atoms with Gasteiger partial charge in [0.25, 0.3) is 5.56 Å². The van der Waals surface area contributed by atoms with Gasteiger partial charge < -0.3 is 26.4 Å². The van der Waals surface area contributed by atoms with Crippen molar-refractivity contribution in [2.24, 2.45) is 11.7 Å². The van der Waals surface area contributed by atoms with Crippen LogP contribution in [0, 0.1) is 17.6 Å². The van der Waals surface area contributed by atoms with E-state index in [0.717, 1.165) is 31.6 Å². The molecule has 6 N–H and O–H groups in total. The molecule has 1 aliphatic heterocycles. The number of H-pyrrole nitrogens is 1. The molecule has 0 saturated carbocycles. The second-order valence-electron chi connectivity index (χ2n) is 8.53. The first-order valence-corrected chi connectivity index (χ1v) is 11.7. The largest absolute Gasteiger partial charge is 0.451 e. The third kappa shape index (κ3) is 7.14. The minimum Gasteiger partial charge on any atom is -0.451 e. The number of aromatic nitrogens is 2. The summed E-state index contributed by atoms with van der Waals surface area (Å²) >= 11 is 0. The van der Waals surface area contributed by atoms with Gasteiger partial charge in [0.2, 0.25) is 5.91 Å². The van der Waals surface area contributed by atoms with Crippen LogP contribution >= 0.6 is 0 Å². The second-order valence-corrected chi connectivity index (χ2v) is 8.53. The number of ether oxygens (including phenoxy) is 1. The quantitative estimate of drug-likeness (QED) is 0.365. The molecule has 1 saturated heterocycles. The molecule has 1 aromatic heterocycles. The summed E-state index contributed by atoms with van der Waals surface area (Å²) in [6.07, 6.45) is 3.79. The number of anilines is 3. The Hall–Kier alpha value is -4.25. The van der Waals surface area contributed by atoms with Crippen LogP contribution in [-0.4, -0.2) is 34.1 Å². The molecule has 0 aliphatic carbocycles. The number of piperidine rings is 1. The number of nitrogens with two attached hydrogens (primary N) is 2. The monoisotopic (exact) mass is 512 g/mol. The Bertz CT molecular complexity index is 1280. The highest BCUT2D eigenvalue weighted by molar-refractivity contribution is 5.87. The van der Waals surface area contributed by atoms with Crippen LogP contribution in [0.15, 0.2) is 59.9 Å². The Morgan fingerprint density at radius 2 is 1.95 bits per heavy atom.